The summed E-state index contributed by atoms with van der Waals surface area (Å²) in [7, 11) is 0. The third-order valence-corrected chi connectivity index (χ3v) is 3.54. The first-order chi connectivity index (χ1) is 6.35. The van der Waals surface area contributed by atoms with Gasteiger partial charge in [0.1, 0.15) is 0 Å². The fourth-order valence-corrected chi connectivity index (χ4v) is 2.51. The van der Waals surface area contributed by atoms with E-state index in [-0.39, 0.29) is 0 Å². The summed E-state index contributed by atoms with van der Waals surface area (Å²) in [4.78, 5) is 2.27. The van der Waals surface area contributed by atoms with Crippen molar-refractivity contribution in [2.45, 2.75) is 19.3 Å². The Kier molecular flexibility index (Phi) is 2.52. The van der Waals surface area contributed by atoms with Crippen LogP contribution >= 0.6 is 0 Å². The van der Waals surface area contributed by atoms with Crippen LogP contribution in [-0.2, 0) is 0 Å². The zero-order chi connectivity index (χ0) is 9.15. The molecule has 1 spiro atoms. The molecule has 0 atom stereocenters. The van der Waals surface area contributed by atoms with Gasteiger partial charge in [-0.25, -0.2) is 0 Å². The molecule has 0 unspecified atom stereocenters. The van der Waals surface area contributed by atoms with Crippen LogP contribution in [0, 0.1) is 16.7 Å². The maximum Gasteiger partial charge on any atom is 0.0865 e. The van der Waals surface area contributed by atoms with Gasteiger partial charge in [0.2, 0.25) is 0 Å². The van der Waals surface area contributed by atoms with Crippen molar-refractivity contribution in [1.82, 2.24) is 10.2 Å². The normalized spacial score (nSPS) is 27.6. The molecule has 2 aliphatic heterocycles. The predicted octanol–water partition coefficient (Wildman–Crippen LogP) is 0.585. The average molecular weight is 179 g/mol. The zero-order valence-corrected chi connectivity index (χ0v) is 8.05. The van der Waals surface area contributed by atoms with Crippen molar-refractivity contribution in [1.29, 1.82) is 5.26 Å². The highest BCUT2D eigenvalue weighted by atomic mass is 15.1. The van der Waals surface area contributed by atoms with E-state index in [0.717, 1.165) is 13.1 Å². The number of nitrogens with one attached hydrogen (secondary N) is 1. The Hall–Kier alpha value is -0.590. The molecule has 2 saturated heterocycles. The van der Waals surface area contributed by atoms with Crippen molar-refractivity contribution in [3.63, 3.8) is 0 Å². The van der Waals surface area contributed by atoms with Gasteiger partial charge in [-0.05, 0) is 44.3 Å². The highest BCUT2D eigenvalue weighted by Gasteiger charge is 2.36. The molecule has 3 heteroatoms. The largest absolute Gasteiger partial charge is 0.316 e. The van der Waals surface area contributed by atoms with Crippen LogP contribution in [0.1, 0.15) is 19.3 Å². The molecule has 2 aliphatic rings. The number of nitriles is 1. The van der Waals surface area contributed by atoms with E-state index in [9.17, 15) is 0 Å². The summed E-state index contributed by atoms with van der Waals surface area (Å²) in [5, 5.41) is 12.0. The predicted molar refractivity (Wildman–Crippen MR) is 51.2 cm³/mol. The van der Waals surface area contributed by atoms with Crippen molar-refractivity contribution >= 4 is 0 Å². The SMILES string of the molecule is N#CCN1CCC2(CCNC2)CC1. The van der Waals surface area contributed by atoms with Gasteiger partial charge in [-0.3, -0.25) is 4.90 Å². The maximum absolute atomic E-state index is 8.57. The second kappa shape index (κ2) is 3.65. The van der Waals surface area contributed by atoms with E-state index in [0.29, 0.717) is 12.0 Å². The van der Waals surface area contributed by atoms with Crippen LogP contribution < -0.4 is 5.32 Å². The molecule has 2 fully saturated rings. The molecule has 0 aliphatic carbocycles. The number of hydrogen-bond acceptors (Lipinski definition) is 3. The summed E-state index contributed by atoms with van der Waals surface area (Å²) in [6, 6.07) is 2.23. The topological polar surface area (TPSA) is 39.1 Å². The Morgan fingerprint density at radius 1 is 1.31 bits per heavy atom. The lowest BCUT2D eigenvalue weighted by atomic mass is 9.78. The quantitative estimate of drug-likeness (QED) is 0.599. The third kappa shape index (κ3) is 1.84. The van der Waals surface area contributed by atoms with E-state index >= 15 is 0 Å². The third-order valence-electron chi connectivity index (χ3n) is 3.54. The minimum atomic E-state index is 0.589. The maximum atomic E-state index is 8.57. The highest BCUT2D eigenvalue weighted by Crippen LogP contribution is 2.36. The smallest absolute Gasteiger partial charge is 0.0865 e. The summed E-state index contributed by atoms with van der Waals surface area (Å²) < 4.78 is 0. The molecule has 72 valence electrons. The van der Waals surface area contributed by atoms with Gasteiger partial charge < -0.3 is 5.32 Å². The molecule has 0 aromatic rings. The van der Waals surface area contributed by atoms with Gasteiger partial charge in [0.05, 0.1) is 12.6 Å². The number of likely N-dealkylation sites (tertiary alicyclic amines) is 1. The Morgan fingerprint density at radius 3 is 2.62 bits per heavy atom. The molecular formula is C10H17N3. The fourth-order valence-electron chi connectivity index (χ4n) is 2.51. The van der Waals surface area contributed by atoms with Crippen molar-refractivity contribution in [3.05, 3.63) is 0 Å². The molecule has 13 heavy (non-hydrogen) atoms. The van der Waals surface area contributed by atoms with Gasteiger partial charge in [-0.15, -0.1) is 0 Å². The summed E-state index contributed by atoms with van der Waals surface area (Å²) in [6.07, 6.45) is 3.90. The number of piperidine rings is 1. The van der Waals surface area contributed by atoms with Crippen LogP contribution in [0.4, 0.5) is 0 Å². The van der Waals surface area contributed by atoms with Gasteiger partial charge in [-0.1, -0.05) is 0 Å². The van der Waals surface area contributed by atoms with Crippen LogP contribution in [0.15, 0.2) is 0 Å². The first-order valence-corrected chi connectivity index (χ1v) is 5.15. The highest BCUT2D eigenvalue weighted by molar-refractivity contribution is 4.93. The minimum absolute atomic E-state index is 0.589. The molecule has 3 nitrogen and oxygen atoms in total. The standard InChI is InChI=1S/C10H17N3/c11-4-8-13-6-2-10(3-7-13)1-5-12-9-10/h12H,1-3,5-9H2. The van der Waals surface area contributed by atoms with Gasteiger partial charge in [0.15, 0.2) is 0 Å². The van der Waals surface area contributed by atoms with E-state index in [2.05, 4.69) is 16.3 Å². The van der Waals surface area contributed by atoms with Crippen LogP contribution in [0.3, 0.4) is 0 Å². The second-order valence-electron chi connectivity index (χ2n) is 4.36. The Bertz CT molecular complexity index is 203. The molecule has 1 N–H and O–H groups in total. The van der Waals surface area contributed by atoms with Crippen molar-refractivity contribution in [2.24, 2.45) is 5.41 Å². The molecule has 0 aromatic carbocycles. The molecular weight excluding hydrogens is 162 g/mol. The Balaban J connectivity index is 1.85. The number of rotatable bonds is 1. The van der Waals surface area contributed by atoms with E-state index in [4.69, 9.17) is 5.26 Å². The molecule has 0 bridgehead atoms. The molecule has 0 saturated carbocycles. The molecule has 0 radical (unpaired) electrons. The fraction of sp³-hybridized carbons (Fsp3) is 0.900. The molecule has 0 amide bonds. The van der Waals surface area contributed by atoms with Gasteiger partial charge >= 0.3 is 0 Å². The van der Waals surface area contributed by atoms with Crippen molar-refractivity contribution < 1.29 is 0 Å². The van der Waals surface area contributed by atoms with Crippen LogP contribution in [0.25, 0.3) is 0 Å². The molecule has 2 heterocycles. The van der Waals surface area contributed by atoms with Crippen molar-refractivity contribution in [2.75, 3.05) is 32.7 Å². The number of hydrogen-bond donors (Lipinski definition) is 1. The van der Waals surface area contributed by atoms with E-state index < -0.39 is 0 Å². The summed E-state index contributed by atoms with van der Waals surface area (Å²) >= 11 is 0. The van der Waals surface area contributed by atoms with Gasteiger partial charge in [-0.2, -0.15) is 5.26 Å². The van der Waals surface area contributed by atoms with Gasteiger partial charge in [0.25, 0.3) is 0 Å². The lowest BCUT2D eigenvalue weighted by Gasteiger charge is -2.37. The van der Waals surface area contributed by atoms with Crippen LogP contribution in [-0.4, -0.2) is 37.6 Å². The summed E-state index contributed by atoms with van der Waals surface area (Å²) in [5.41, 5.74) is 0.589. The first-order valence-electron chi connectivity index (χ1n) is 5.15. The summed E-state index contributed by atoms with van der Waals surface area (Å²) in [5.74, 6) is 0. The summed E-state index contributed by atoms with van der Waals surface area (Å²) in [6.45, 7) is 5.25. The van der Waals surface area contributed by atoms with Crippen LogP contribution in [0.5, 0.6) is 0 Å². The minimum Gasteiger partial charge on any atom is -0.316 e. The molecule has 0 aromatic heterocycles. The van der Waals surface area contributed by atoms with E-state index in [1.165, 1.54) is 32.4 Å². The molecule has 2 rings (SSSR count). The Labute approximate surface area is 79.7 Å². The lowest BCUT2D eigenvalue weighted by Crippen LogP contribution is -2.41. The number of nitrogens with zero attached hydrogens (tertiary/aromatic N) is 2. The van der Waals surface area contributed by atoms with Crippen molar-refractivity contribution in [3.8, 4) is 6.07 Å². The Morgan fingerprint density at radius 2 is 2.08 bits per heavy atom. The van der Waals surface area contributed by atoms with E-state index in [1.807, 2.05) is 0 Å². The first kappa shape index (κ1) is 8.98. The van der Waals surface area contributed by atoms with Gasteiger partial charge in [0, 0.05) is 6.54 Å². The monoisotopic (exact) mass is 179 g/mol. The lowest BCUT2D eigenvalue weighted by molar-refractivity contribution is 0.130. The average Bonchev–Trinajstić information content (AvgIpc) is 2.59. The zero-order valence-electron chi connectivity index (χ0n) is 8.05. The van der Waals surface area contributed by atoms with Crippen LogP contribution in [0.2, 0.25) is 0 Å². The van der Waals surface area contributed by atoms with E-state index in [1.54, 1.807) is 0 Å². The second-order valence-corrected chi connectivity index (χ2v) is 4.36.